The SMILES string of the molecule is CN1C(=O)COc2ccc(C(=O)CCC(=O)Nc3ccc(N4CCOCC4)nc3)cc21. The van der Waals surface area contributed by atoms with Gasteiger partial charge >= 0.3 is 0 Å². The molecule has 9 nitrogen and oxygen atoms in total. The maximum atomic E-state index is 12.5. The van der Waals surface area contributed by atoms with Crippen molar-refractivity contribution >= 4 is 34.8 Å². The van der Waals surface area contributed by atoms with Crippen LogP contribution in [0.5, 0.6) is 5.75 Å². The molecule has 2 amide bonds. The molecule has 3 heterocycles. The molecule has 0 atom stereocenters. The molecule has 2 aliphatic heterocycles. The first-order chi connectivity index (χ1) is 15.0. The second kappa shape index (κ2) is 9.13. The summed E-state index contributed by atoms with van der Waals surface area (Å²) in [6, 6.07) is 8.61. The number of ether oxygens (including phenoxy) is 2. The van der Waals surface area contributed by atoms with Crippen molar-refractivity contribution < 1.29 is 23.9 Å². The Kier molecular flexibility index (Phi) is 6.13. The number of fused-ring (bicyclic) bond motifs is 1. The van der Waals surface area contributed by atoms with Crippen LogP contribution in [0.2, 0.25) is 0 Å². The number of amides is 2. The lowest BCUT2D eigenvalue weighted by molar-refractivity contribution is -0.121. The van der Waals surface area contributed by atoms with Crippen LogP contribution < -0.4 is 19.9 Å². The molecule has 1 saturated heterocycles. The van der Waals surface area contributed by atoms with Crippen molar-refractivity contribution in [2.24, 2.45) is 0 Å². The van der Waals surface area contributed by atoms with Crippen LogP contribution in [-0.4, -0.2) is 62.5 Å². The summed E-state index contributed by atoms with van der Waals surface area (Å²) in [5, 5.41) is 2.77. The maximum Gasteiger partial charge on any atom is 0.264 e. The third kappa shape index (κ3) is 4.83. The maximum absolute atomic E-state index is 12.5. The number of anilines is 3. The average molecular weight is 424 g/mol. The summed E-state index contributed by atoms with van der Waals surface area (Å²) in [6.07, 6.45) is 1.72. The van der Waals surface area contributed by atoms with Gasteiger partial charge in [0.25, 0.3) is 5.91 Å². The number of hydrogen-bond acceptors (Lipinski definition) is 7. The van der Waals surface area contributed by atoms with Crippen LogP contribution in [0, 0.1) is 0 Å². The van der Waals surface area contributed by atoms with E-state index in [9.17, 15) is 14.4 Å². The number of rotatable bonds is 6. The molecule has 162 valence electrons. The van der Waals surface area contributed by atoms with E-state index in [-0.39, 0.29) is 37.0 Å². The topological polar surface area (TPSA) is 101 Å². The highest BCUT2D eigenvalue weighted by Crippen LogP contribution is 2.32. The van der Waals surface area contributed by atoms with Gasteiger partial charge < -0.3 is 24.6 Å². The first-order valence-corrected chi connectivity index (χ1v) is 10.2. The van der Waals surface area contributed by atoms with Crippen molar-refractivity contribution in [2.45, 2.75) is 12.8 Å². The summed E-state index contributed by atoms with van der Waals surface area (Å²) in [6.45, 7) is 2.93. The molecule has 0 radical (unpaired) electrons. The van der Waals surface area contributed by atoms with Gasteiger partial charge in [-0.05, 0) is 30.3 Å². The number of ketones is 1. The van der Waals surface area contributed by atoms with Gasteiger partial charge in [-0.15, -0.1) is 0 Å². The molecular weight excluding hydrogens is 400 g/mol. The van der Waals surface area contributed by atoms with E-state index in [4.69, 9.17) is 9.47 Å². The largest absolute Gasteiger partial charge is 0.482 e. The van der Waals surface area contributed by atoms with Crippen LogP contribution in [0.4, 0.5) is 17.2 Å². The fourth-order valence-electron chi connectivity index (χ4n) is 3.48. The van der Waals surface area contributed by atoms with Gasteiger partial charge in [-0.3, -0.25) is 14.4 Å². The van der Waals surface area contributed by atoms with Crippen molar-refractivity contribution in [3.05, 3.63) is 42.1 Å². The smallest absolute Gasteiger partial charge is 0.264 e. The highest BCUT2D eigenvalue weighted by molar-refractivity contribution is 6.03. The van der Waals surface area contributed by atoms with Gasteiger partial charge in [0.2, 0.25) is 5.91 Å². The van der Waals surface area contributed by atoms with E-state index in [1.165, 1.54) is 4.90 Å². The minimum Gasteiger partial charge on any atom is -0.482 e. The Bertz CT molecular complexity index is 986. The second-order valence-electron chi connectivity index (χ2n) is 7.40. The molecule has 31 heavy (non-hydrogen) atoms. The predicted molar refractivity (Wildman–Crippen MR) is 115 cm³/mol. The van der Waals surface area contributed by atoms with Crippen LogP contribution in [0.3, 0.4) is 0 Å². The normalized spacial score (nSPS) is 15.8. The van der Waals surface area contributed by atoms with E-state index in [0.717, 1.165) is 18.9 Å². The molecule has 1 fully saturated rings. The Morgan fingerprint density at radius 2 is 1.94 bits per heavy atom. The number of nitrogens with zero attached hydrogens (tertiary/aromatic N) is 3. The molecule has 1 aromatic heterocycles. The summed E-state index contributed by atoms with van der Waals surface area (Å²) in [5.74, 6) is 0.790. The average Bonchev–Trinajstić information content (AvgIpc) is 2.81. The number of aromatic nitrogens is 1. The molecule has 0 saturated carbocycles. The zero-order valence-corrected chi connectivity index (χ0v) is 17.3. The van der Waals surface area contributed by atoms with Gasteiger partial charge in [-0.1, -0.05) is 0 Å². The molecular formula is C22H24N4O5. The molecule has 0 spiro atoms. The van der Waals surface area contributed by atoms with Gasteiger partial charge in [0, 0.05) is 38.5 Å². The monoisotopic (exact) mass is 424 g/mol. The highest BCUT2D eigenvalue weighted by Gasteiger charge is 2.23. The number of carbonyl (C=O) groups excluding carboxylic acids is 3. The van der Waals surface area contributed by atoms with E-state index in [0.29, 0.717) is 35.9 Å². The van der Waals surface area contributed by atoms with Crippen molar-refractivity contribution in [3.8, 4) is 5.75 Å². The van der Waals surface area contributed by atoms with Gasteiger partial charge in [0.05, 0.1) is 30.8 Å². The molecule has 0 unspecified atom stereocenters. The first-order valence-electron chi connectivity index (χ1n) is 10.2. The molecule has 0 bridgehead atoms. The number of benzene rings is 1. The van der Waals surface area contributed by atoms with Crippen LogP contribution in [0.15, 0.2) is 36.5 Å². The summed E-state index contributed by atoms with van der Waals surface area (Å²) >= 11 is 0. The molecule has 4 rings (SSSR count). The highest BCUT2D eigenvalue weighted by atomic mass is 16.5. The van der Waals surface area contributed by atoms with E-state index >= 15 is 0 Å². The van der Waals surface area contributed by atoms with Crippen molar-refractivity contribution in [2.75, 3.05) is 55.1 Å². The summed E-state index contributed by atoms with van der Waals surface area (Å²) < 4.78 is 10.7. The quantitative estimate of drug-likeness (QED) is 0.707. The lowest BCUT2D eigenvalue weighted by Gasteiger charge is -2.27. The van der Waals surface area contributed by atoms with Gasteiger partial charge in [0.1, 0.15) is 11.6 Å². The Labute approximate surface area is 179 Å². The van der Waals surface area contributed by atoms with Crippen LogP contribution in [0.1, 0.15) is 23.2 Å². The minimum atomic E-state index is -0.261. The third-order valence-electron chi connectivity index (χ3n) is 5.31. The van der Waals surface area contributed by atoms with E-state index < -0.39 is 0 Å². The van der Waals surface area contributed by atoms with Crippen LogP contribution >= 0.6 is 0 Å². The van der Waals surface area contributed by atoms with Crippen LogP contribution in [-0.2, 0) is 14.3 Å². The third-order valence-corrected chi connectivity index (χ3v) is 5.31. The Morgan fingerprint density at radius 1 is 1.13 bits per heavy atom. The van der Waals surface area contributed by atoms with Gasteiger partial charge in [-0.2, -0.15) is 0 Å². The number of carbonyl (C=O) groups is 3. The van der Waals surface area contributed by atoms with Crippen molar-refractivity contribution in [3.63, 3.8) is 0 Å². The molecule has 1 N–H and O–H groups in total. The van der Waals surface area contributed by atoms with E-state index in [2.05, 4.69) is 15.2 Å². The van der Waals surface area contributed by atoms with Crippen molar-refractivity contribution in [1.82, 2.24) is 4.98 Å². The number of hydrogen-bond donors (Lipinski definition) is 1. The first kappa shape index (κ1) is 20.8. The minimum absolute atomic E-state index is 0.0146. The molecule has 9 heteroatoms. The summed E-state index contributed by atoms with van der Waals surface area (Å²) in [7, 11) is 1.64. The van der Waals surface area contributed by atoms with E-state index in [1.807, 2.05) is 6.07 Å². The Morgan fingerprint density at radius 3 is 2.68 bits per heavy atom. The fourth-order valence-corrected chi connectivity index (χ4v) is 3.48. The molecule has 0 aliphatic carbocycles. The zero-order chi connectivity index (χ0) is 21.8. The lowest BCUT2D eigenvalue weighted by Crippen LogP contribution is -2.36. The standard InChI is InChI=1S/C22H24N4O5/c1-25-17-12-15(2-5-19(17)31-14-22(25)29)18(27)4-7-21(28)24-16-3-6-20(23-13-16)26-8-10-30-11-9-26/h2-3,5-6,12-13H,4,7-11,14H2,1H3,(H,24,28). The predicted octanol–water partition coefficient (Wildman–Crippen LogP) is 1.87. The lowest BCUT2D eigenvalue weighted by atomic mass is 10.0. The number of nitrogens with one attached hydrogen (secondary N) is 1. The zero-order valence-electron chi connectivity index (χ0n) is 17.3. The number of morpholine rings is 1. The number of Topliss-reactive ketones (excluding diaryl/α,β-unsaturated/α-hetero) is 1. The molecule has 2 aromatic rings. The van der Waals surface area contributed by atoms with Crippen molar-refractivity contribution in [1.29, 1.82) is 0 Å². The van der Waals surface area contributed by atoms with Gasteiger partial charge in [0.15, 0.2) is 12.4 Å². The molecule has 2 aliphatic rings. The Hall–Kier alpha value is -3.46. The fraction of sp³-hybridized carbons (Fsp3) is 0.364. The van der Waals surface area contributed by atoms with Gasteiger partial charge in [-0.25, -0.2) is 4.98 Å². The summed E-state index contributed by atoms with van der Waals surface area (Å²) in [5.41, 5.74) is 1.58. The molecule has 1 aromatic carbocycles. The van der Waals surface area contributed by atoms with Crippen LogP contribution in [0.25, 0.3) is 0 Å². The summed E-state index contributed by atoms with van der Waals surface area (Å²) in [4.78, 5) is 44.6. The number of likely N-dealkylation sites (N-methyl/N-ethyl adjacent to an activating group) is 1. The second-order valence-corrected chi connectivity index (χ2v) is 7.40. The van der Waals surface area contributed by atoms with E-state index in [1.54, 1.807) is 37.5 Å². The number of pyridine rings is 1. The Balaban J connectivity index is 1.30.